The first-order valence-corrected chi connectivity index (χ1v) is 6.06. The Kier molecular flexibility index (Phi) is 5.72. The highest BCUT2D eigenvalue weighted by molar-refractivity contribution is 5.78. The van der Waals surface area contributed by atoms with Gasteiger partial charge >= 0.3 is 0 Å². The van der Waals surface area contributed by atoms with Gasteiger partial charge in [0.1, 0.15) is 0 Å². The molecular weight excluding hydrogens is 204 g/mol. The molecule has 1 heterocycles. The van der Waals surface area contributed by atoms with Gasteiger partial charge < -0.3 is 4.90 Å². The fourth-order valence-corrected chi connectivity index (χ4v) is 2.07. The van der Waals surface area contributed by atoms with Crippen LogP contribution in [0.15, 0.2) is 5.11 Å². The van der Waals surface area contributed by atoms with E-state index in [9.17, 15) is 4.79 Å². The molecule has 1 aliphatic heterocycles. The zero-order valence-corrected chi connectivity index (χ0v) is 9.93. The highest BCUT2D eigenvalue weighted by Crippen LogP contribution is 2.18. The fourth-order valence-electron chi connectivity index (χ4n) is 2.07. The lowest BCUT2D eigenvalue weighted by molar-refractivity contribution is -0.127. The maximum atomic E-state index is 11.6. The Labute approximate surface area is 96.4 Å². The van der Waals surface area contributed by atoms with Crippen LogP contribution < -0.4 is 0 Å². The van der Waals surface area contributed by atoms with Crippen LogP contribution in [0.1, 0.15) is 39.0 Å². The van der Waals surface area contributed by atoms with E-state index in [4.69, 9.17) is 5.53 Å². The maximum Gasteiger partial charge on any atom is 0.222 e. The van der Waals surface area contributed by atoms with Crippen LogP contribution in [0.4, 0.5) is 0 Å². The van der Waals surface area contributed by atoms with Crippen molar-refractivity contribution in [2.45, 2.75) is 39.0 Å². The second-order valence-electron chi connectivity index (χ2n) is 4.38. The van der Waals surface area contributed by atoms with Gasteiger partial charge in [-0.05, 0) is 17.9 Å². The Morgan fingerprint density at radius 2 is 2.31 bits per heavy atom. The zero-order valence-electron chi connectivity index (χ0n) is 9.93. The number of hydrogen-bond donors (Lipinski definition) is 0. The summed E-state index contributed by atoms with van der Waals surface area (Å²) in [5.74, 6) is 0.448. The molecule has 0 saturated carbocycles. The molecule has 0 aliphatic carbocycles. The number of amides is 1. The topological polar surface area (TPSA) is 69.1 Å². The van der Waals surface area contributed by atoms with Crippen molar-refractivity contribution in [2.24, 2.45) is 11.0 Å². The molecule has 5 heteroatoms. The van der Waals surface area contributed by atoms with E-state index < -0.39 is 0 Å². The lowest BCUT2D eigenvalue weighted by Crippen LogP contribution is -2.26. The van der Waals surface area contributed by atoms with Crippen molar-refractivity contribution in [3.05, 3.63) is 10.4 Å². The molecule has 90 valence electrons. The number of azide groups is 1. The summed E-state index contributed by atoms with van der Waals surface area (Å²) in [7, 11) is 0. The first-order valence-electron chi connectivity index (χ1n) is 6.06. The number of carbonyl (C=O) groups excluding carboxylic acids is 1. The van der Waals surface area contributed by atoms with Crippen molar-refractivity contribution < 1.29 is 4.79 Å². The SMILES string of the molecule is CCCCCCN1CC(CN=[N+]=[N-])CC1=O. The standard InChI is InChI=1S/C11H20N4O/c1-2-3-4-5-6-15-9-10(7-11(15)16)8-13-14-12/h10H,2-9H2,1H3. The summed E-state index contributed by atoms with van der Waals surface area (Å²) >= 11 is 0. The molecule has 5 nitrogen and oxygen atoms in total. The minimum atomic E-state index is 0.217. The highest BCUT2D eigenvalue weighted by atomic mass is 16.2. The van der Waals surface area contributed by atoms with E-state index in [-0.39, 0.29) is 11.8 Å². The van der Waals surface area contributed by atoms with Crippen LogP contribution in [0, 0.1) is 5.92 Å². The van der Waals surface area contributed by atoms with Gasteiger partial charge in [-0.2, -0.15) is 0 Å². The Morgan fingerprint density at radius 3 is 3.00 bits per heavy atom. The quantitative estimate of drug-likeness (QED) is 0.284. The second kappa shape index (κ2) is 7.12. The van der Waals surface area contributed by atoms with Crippen LogP contribution >= 0.6 is 0 Å². The Balaban J connectivity index is 2.22. The van der Waals surface area contributed by atoms with E-state index >= 15 is 0 Å². The Bertz CT molecular complexity index is 273. The van der Waals surface area contributed by atoms with Crippen molar-refractivity contribution in [1.29, 1.82) is 0 Å². The summed E-state index contributed by atoms with van der Waals surface area (Å²) in [6.07, 6.45) is 5.29. The normalized spacial score (nSPS) is 19.9. The summed E-state index contributed by atoms with van der Waals surface area (Å²) in [5, 5.41) is 3.53. The molecule has 1 rings (SSSR count). The third-order valence-corrected chi connectivity index (χ3v) is 2.98. The number of nitrogens with zero attached hydrogens (tertiary/aromatic N) is 4. The summed E-state index contributed by atoms with van der Waals surface area (Å²) in [6.45, 7) is 4.26. The van der Waals surface area contributed by atoms with Gasteiger partial charge in [0.2, 0.25) is 5.91 Å². The smallest absolute Gasteiger partial charge is 0.222 e. The largest absolute Gasteiger partial charge is 0.342 e. The summed E-state index contributed by atoms with van der Waals surface area (Å²) in [4.78, 5) is 16.2. The van der Waals surface area contributed by atoms with Gasteiger partial charge in [0.15, 0.2) is 0 Å². The molecule has 0 spiro atoms. The highest BCUT2D eigenvalue weighted by Gasteiger charge is 2.28. The monoisotopic (exact) mass is 224 g/mol. The average molecular weight is 224 g/mol. The average Bonchev–Trinajstić information content (AvgIpc) is 2.63. The minimum absolute atomic E-state index is 0.217. The third kappa shape index (κ3) is 4.11. The molecule has 1 saturated heterocycles. The second-order valence-corrected chi connectivity index (χ2v) is 4.38. The van der Waals surface area contributed by atoms with Gasteiger partial charge in [-0.25, -0.2) is 0 Å². The van der Waals surface area contributed by atoms with Crippen molar-refractivity contribution in [2.75, 3.05) is 19.6 Å². The molecular formula is C11H20N4O. The minimum Gasteiger partial charge on any atom is -0.342 e. The summed E-state index contributed by atoms with van der Waals surface area (Å²) in [6, 6.07) is 0. The van der Waals surface area contributed by atoms with Crippen LogP contribution in [0.25, 0.3) is 10.4 Å². The lowest BCUT2D eigenvalue weighted by Gasteiger charge is -2.15. The van der Waals surface area contributed by atoms with E-state index in [0.717, 1.165) is 19.5 Å². The van der Waals surface area contributed by atoms with Crippen molar-refractivity contribution in [3.8, 4) is 0 Å². The van der Waals surface area contributed by atoms with E-state index in [1.54, 1.807) is 0 Å². The van der Waals surface area contributed by atoms with Crippen molar-refractivity contribution in [1.82, 2.24) is 4.90 Å². The molecule has 1 fully saturated rings. The van der Waals surface area contributed by atoms with Crippen LogP contribution in [-0.2, 0) is 4.79 Å². The molecule has 0 aromatic carbocycles. The summed E-state index contributed by atoms with van der Waals surface area (Å²) < 4.78 is 0. The lowest BCUT2D eigenvalue weighted by atomic mass is 10.1. The number of rotatable bonds is 7. The van der Waals surface area contributed by atoms with Crippen LogP contribution in [0.5, 0.6) is 0 Å². The van der Waals surface area contributed by atoms with Gasteiger partial charge in [0.05, 0.1) is 0 Å². The zero-order chi connectivity index (χ0) is 11.8. The first-order chi connectivity index (χ1) is 7.77. The van der Waals surface area contributed by atoms with Crippen LogP contribution in [0.3, 0.4) is 0 Å². The molecule has 0 aromatic rings. The first kappa shape index (κ1) is 12.8. The van der Waals surface area contributed by atoms with Crippen LogP contribution in [-0.4, -0.2) is 30.4 Å². The molecule has 0 N–H and O–H groups in total. The number of carbonyl (C=O) groups is 1. The summed E-state index contributed by atoms with van der Waals surface area (Å²) in [5.41, 5.74) is 8.22. The molecule has 0 radical (unpaired) electrons. The predicted octanol–water partition coefficient (Wildman–Crippen LogP) is 2.73. The van der Waals surface area contributed by atoms with Crippen LogP contribution in [0.2, 0.25) is 0 Å². The van der Waals surface area contributed by atoms with Crippen molar-refractivity contribution in [3.63, 3.8) is 0 Å². The van der Waals surface area contributed by atoms with Gasteiger partial charge in [-0.15, -0.1) is 0 Å². The number of unbranched alkanes of at least 4 members (excludes halogenated alkanes) is 3. The molecule has 0 aromatic heterocycles. The molecule has 1 aliphatic rings. The van der Waals surface area contributed by atoms with Gasteiger partial charge in [-0.1, -0.05) is 31.3 Å². The molecule has 0 bridgehead atoms. The molecule has 1 unspecified atom stereocenters. The molecule has 16 heavy (non-hydrogen) atoms. The third-order valence-electron chi connectivity index (χ3n) is 2.98. The molecule has 1 amide bonds. The number of likely N-dealkylation sites (tertiary alicyclic amines) is 1. The van der Waals surface area contributed by atoms with Gasteiger partial charge in [0.25, 0.3) is 0 Å². The Morgan fingerprint density at radius 1 is 1.50 bits per heavy atom. The van der Waals surface area contributed by atoms with E-state index in [0.29, 0.717) is 13.0 Å². The number of hydrogen-bond acceptors (Lipinski definition) is 2. The predicted molar refractivity (Wildman–Crippen MR) is 62.8 cm³/mol. The fraction of sp³-hybridized carbons (Fsp3) is 0.909. The van der Waals surface area contributed by atoms with E-state index in [1.807, 2.05) is 4.90 Å². The van der Waals surface area contributed by atoms with Crippen molar-refractivity contribution >= 4 is 5.91 Å². The van der Waals surface area contributed by atoms with Gasteiger partial charge in [0, 0.05) is 31.0 Å². The van der Waals surface area contributed by atoms with E-state index in [1.165, 1.54) is 19.3 Å². The van der Waals surface area contributed by atoms with E-state index in [2.05, 4.69) is 16.9 Å². The van der Waals surface area contributed by atoms with Gasteiger partial charge in [-0.3, -0.25) is 4.79 Å². The molecule has 1 atom stereocenters. The Hall–Kier alpha value is -1.22. The maximum absolute atomic E-state index is 11.6.